The van der Waals surface area contributed by atoms with E-state index in [0.717, 1.165) is 25.3 Å². The van der Waals surface area contributed by atoms with E-state index in [1.165, 1.54) is 0 Å². The highest BCUT2D eigenvalue weighted by molar-refractivity contribution is 5.79. The van der Waals surface area contributed by atoms with Gasteiger partial charge in [0.2, 0.25) is 5.91 Å². The number of aromatic nitrogens is 2. The highest BCUT2D eigenvalue weighted by atomic mass is 16.1. The zero-order chi connectivity index (χ0) is 10.7. The van der Waals surface area contributed by atoms with Gasteiger partial charge in [0.1, 0.15) is 5.82 Å². The predicted octanol–water partition coefficient (Wildman–Crippen LogP) is -0.354. The molecular weight excluding hydrogens is 192 g/mol. The second-order valence-electron chi connectivity index (χ2n) is 3.86. The van der Waals surface area contributed by atoms with Gasteiger partial charge in [0, 0.05) is 26.0 Å². The summed E-state index contributed by atoms with van der Waals surface area (Å²) in [6.45, 7) is 2.26. The van der Waals surface area contributed by atoms with E-state index in [-0.39, 0.29) is 11.8 Å². The number of nitrogens with zero attached hydrogens (tertiary/aromatic N) is 2. The first-order valence-electron chi connectivity index (χ1n) is 5.22. The van der Waals surface area contributed by atoms with Crippen molar-refractivity contribution in [1.82, 2.24) is 20.2 Å². The summed E-state index contributed by atoms with van der Waals surface area (Å²) in [6.07, 6.45) is 4.55. The number of rotatable bonds is 3. The van der Waals surface area contributed by atoms with Crippen molar-refractivity contribution in [3.63, 3.8) is 0 Å². The highest BCUT2D eigenvalue weighted by Crippen LogP contribution is 2.07. The molecule has 1 aromatic rings. The fraction of sp³-hybridized carbons (Fsp3) is 0.600. The average Bonchev–Trinajstić information content (AvgIpc) is 2.85. The van der Waals surface area contributed by atoms with Crippen LogP contribution in [0.4, 0.5) is 0 Å². The van der Waals surface area contributed by atoms with Gasteiger partial charge in [-0.2, -0.15) is 0 Å². The largest absolute Gasteiger partial charge is 0.349 e. The zero-order valence-electron chi connectivity index (χ0n) is 8.86. The van der Waals surface area contributed by atoms with E-state index in [0.29, 0.717) is 6.54 Å². The topological polar surface area (TPSA) is 59.0 Å². The molecule has 5 nitrogen and oxygen atoms in total. The smallest absolute Gasteiger partial charge is 0.224 e. The van der Waals surface area contributed by atoms with Gasteiger partial charge < -0.3 is 15.2 Å². The van der Waals surface area contributed by atoms with Gasteiger partial charge >= 0.3 is 0 Å². The Morgan fingerprint density at radius 3 is 3.27 bits per heavy atom. The summed E-state index contributed by atoms with van der Waals surface area (Å²) in [6, 6.07) is 0. The van der Waals surface area contributed by atoms with Gasteiger partial charge in [-0.25, -0.2) is 4.98 Å². The lowest BCUT2D eigenvalue weighted by molar-refractivity contribution is -0.124. The molecule has 1 atom stereocenters. The Labute approximate surface area is 88.9 Å². The first kappa shape index (κ1) is 10.2. The molecule has 15 heavy (non-hydrogen) atoms. The molecule has 1 aliphatic heterocycles. The minimum absolute atomic E-state index is 0.128. The van der Waals surface area contributed by atoms with Crippen molar-refractivity contribution in [2.45, 2.75) is 13.0 Å². The van der Waals surface area contributed by atoms with Crippen molar-refractivity contribution in [2.75, 3.05) is 13.1 Å². The Kier molecular flexibility index (Phi) is 3.01. The molecule has 1 amide bonds. The summed E-state index contributed by atoms with van der Waals surface area (Å²) in [5, 5.41) is 6.08. The van der Waals surface area contributed by atoms with Gasteiger partial charge in [0.25, 0.3) is 0 Å². The molecule has 0 aromatic carbocycles. The summed E-state index contributed by atoms with van der Waals surface area (Å²) >= 11 is 0. The molecular formula is C10H16N4O. The van der Waals surface area contributed by atoms with E-state index >= 15 is 0 Å². The van der Waals surface area contributed by atoms with Crippen LogP contribution in [0.25, 0.3) is 0 Å². The van der Waals surface area contributed by atoms with Gasteiger partial charge in [0.05, 0.1) is 12.5 Å². The lowest BCUT2D eigenvalue weighted by atomic mass is 10.1. The molecule has 5 heteroatoms. The minimum Gasteiger partial charge on any atom is -0.349 e. The zero-order valence-corrected chi connectivity index (χ0v) is 8.86. The third kappa shape index (κ3) is 2.36. The molecule has 2 heterocycles. The van der Waals surface area contributed by atoms with Crippen LogP contribution in [0.15, 0.2) is 12.4 Å². The Morgan fingerprint density at radius 1 is 1.80 bits per heavy atom. The summed E-state index contributed by atoms with van der Waals surface area (Å²) in [5.41, 5.74) is 0. The van der Waals surface area contributed by atoms with E-state index in [1.54, 1.807) is 6.20 Å². The van der Waals surface area contributed by atoms with Crippen LogP contribution in [0, 0.1) is 5.92 Å². The Morgan fingerprint density at radius 2 is 2.67 bits per heavy atom. The maximum atomic E-state index is 11.7. The molecule has 1 saturated heterocycles. The normalized spacial score (nSPS) is 20.5. The average molecular weight is 208 g/mol. The molecule has 1 fully saturated rings. The second-order valence-corrected chi connectivity index (χ2v) is 3.86. The maximum Gasteiger partial charge on any atom is 0.224 e. The third-order valence-corrected chi connectivity index (χ3v) is 2.77. The van der Waals surface area contributed by atoms with E-state index in [2.05, 4.69) is 15.6 Å². The summed E-state index contributed by atoms with van der Waals surface area (Å²) in [5.74, 6) is 1.14. The van der Waals surface area contributed by atoms with Crippen LogP contribution in [0.2, 0.25) is 0 Å². The van der Waals surface area contributed by atoms with Crippen LogP contribution < -0.4 is 10.6 Å². The summed E-state index contributed by atoms with van der Waals surface area (Å²) in [4.78, 5) is 15.8. The van der Waals surface area contributed by atoms with Crippen molar-refractivity contribution in [1.29, 1.82) is 0 Å². The van der Waals surface area contributed by atoms with Crippen molar-refractivity contribution in [3.8, 4) is 0 Å². The van der Waals surface area contributed by atoms with Crippen LogP contribution >= 0.6 is 0 Å². The SMILES string of the molecule is Cn1ccnc1CNC(=O)C1CCNC1. The lowest BCUT2D eigenvalue weighted by Crippen LogP contribution is -2.32. The van der Waals surface area contributed by atoms with Crippen molar-refractivity contribution in [3.05, 3.63) is 18.2 Å². The van der Waals surface area contributed by atoms with Crippen LogP contribution in [0.3, 0.4) is 0 Å². The molecule has 0 radical (unpaired) electrons. The predicted molar refractivity (Wildman–Crippen MR) is 56.0 cm³/mol. The van der Waals surface area contributed by atoms with E-state index < -0.39 is 0 Å². The van der Waals surface area contributed by atoms with Crippen LogP contribution in [-0.4, -0.2) is 28.5 Å². The molecule has 1 aliphatic rings. The van der Waals surface area contributed by atoms with Crippen LogP contribution in [-0.2, 0) is 18.4 Å². The summed E-state index contributed by atoms with van der Waals surface area (Å²) in [7, 11) is 1.92. The van der Waals surface area contributed by atoms with Crippen molar-refractivity contribution in [2.24, 2.45) is 13.0 Å². The fourth-order valence-electron chi connectivity index (χ4n) is 1.76. The first-order valence-corrected chi connectivity index (χ1v) is 5.22. The molecule has 0 saturated carbocycles. The Balaban J connectivity index is 1.83. The van der Waals surface area contributed by atoms with Gasteiger partial charge in [-0.3, -0.25) is 4.79 Å². The highest BCUT2D eigenvalue weighted by Gasteiger charge is 2.21. The number of hydrogen-bond donors (Lipinski definition) is 2. The molecule has 0 aliphatic carbocycles. The Bertz CT molecular complexity index is 341. The molecule has 0 bridgehead atoms. The standard InChI is InChI=1S/C10H16N4O/c1-14-5-4-12-9(14)7-13-10(15)8-2-3-11-6-8/h4-5,8,11H,2-3,6-7H2,1H3,(H,13,15). The maximum absolute atomic E-state index is 11.7. The van der Waals surface area contributed by atoms with Crippen LogP contribution in [0.5, 0.6) is 0 Å². The quantitative estimate of drug-likeness (QED) is 0.713. The summed E-state index contributed by atoms with van der Waals surface area (Å²) < 4.78 is 1.91. The molecule has 1 aromatic heterocycles. The van der Waals surface area contributed by atoms with E-state index in [9.17, 15) is 4.79 Å². The number of amides is 1. The fourth-order valence-corrected chi connectivity index (χ4v) is 1.76. The number of carbonyl (C=O) groups excluding carboxylic acids is 1. The third-order valence-electron chi connectivity index (χ3n) is 2.77. The van der Waals surface area contributed by atoms with Gasteiger partial charge in [-0.15, -0.1) is 0 Å². The van der Waals surface area contributed by atoms with Crippen molar-refractivity contribution < 1.29 is 4.79 Å². The molecule has 0 spiro atoms. The van der Waals surface area contributed by atoms with Crippen LogP contribution in [0.1, 0.15) is 12.2 Å². The first-order chi connectivity index (χ1) is 7.27. The monoisotopic (exact) mass is 208 g/mol. The Hall–Kier alpha value is -1.36. The van der Waals surface area contributed by atoms with Crippen molar-refractivity contribution >= 4 is 5.91 Å². The molecule has 1 unspecified atom stereocenters. The number of imidazole rings is 1. The minimum atomic E-state index is 0.128. The number of carbonyl (C=O) groups is 1. The second kappa shape index (κ2) is 4.44. The number of hydrogen-bond acceptors (Lipinski definition) is 3. The number of aryl methyl sites for hydroxylation is 1. The van der Waals surface area contributed by atoms with E-state index in [1.807, 2.05) is 17.8 Å². The van der Waals surface area contributed by atoms with E-state index in [4.69, 9.17) is 0 Å². The lowest BCUT2D eigenvalue weighted by Gasteiger charge is -2.09. The number of nitrogens with one attached hydrogen (secondary N) is 2. The molecule has 82 valence electrons. The molecule has 2 rings (SSSR count). The van der Waals surface area contributed by atoms with Gasteiger partial charge in [0.15, 0.2) is 0 Å². The van der Waals surface area contributed by atoms with Gasteiger partial charge in [-0.05, 0) is 13.0 Å². The van der Waals surface area contributed by atoms with Gasteiger partial charge in [-0.1, -0.05) is 0 Å². The molecule has 2 N–H and O–H groups in total.